The molecule has 0 spiro atoms. The largest absolute Gasteiger partial charge is 0.479 e. The van der Waals surface area contributed by atoms with Gasteiger partial charge >= 0.3 is 12.0 Å². The Morgan fingerprint density at radius 1 is 1.42 bits per heavy atom. The molecule has 0 saturated carbocycles. The number of likely N-dealkylation sites (tertiary alicyclic amines) is 1. The maximum atomic E-state index is 11.9. The van der Waals surface area contributed by atoms with Gasteiger partial charge in [0.05, 0.1) is 12.2 Å². The fourth-order valence-corrected chi connectivity index (χ4v) is 2.46. The molecule has 108 valence electrons. The van der Waals surface area contributed by atoms with Crippen LogP contribution in [0.15, 0.2) is 0 Å². The Morgan fingerprint density at radius 2 is 2.21 bits per heavy atom. The molecule has 2 aliphatic heterocycles. The summed E-state index contributed by atoms with van der Waals surface area (Å²) in [4.78, 5) is 24.3. The summed E-state index contributed by atoms with van der Waals surface area (Å²) in [5.74, 6) is -0.934. The molecular formula is C12H20N2O5. The number of nitrogens with zero attached hydrogens (tertiary/aromatic N) is 1. The SMILES string of the molecule is COC1CCN(C(=O)NCC2CCC(C(=O)O)O2)C1. The third-order valence-corrected chi connectivity index (χ3v) is 3.63. The van der Waals surface area contributed by atoms with Crippen molar-refractivity contribution in [3.8, 4) is 0 Å². The molecule has 2 N–H and O–H groups in total. The fourth-order valence-electron chi connectivity index (χ4n) is 2.46. The van der Waals surface area contributed by atoms with Crippen LogP contribution in [0.25, 0.3) is 0 Å². The summed E-state index contributed by atoms with van der Waals surface area (Å²) in [5, 5.41) is 11.6. The second kappa shape index (κ2) is 6.21. The monoisotopic (exact) mass is 272 g/mol. The molecule has 0 radical (unpaired) electrons. The number of nitrogens with one attached hydrogen (secondary N) is 1. The van der Waals surface area contributed by atoms with Gasteiger partial charge in [-0.05, 0) is 19.3 Å². The van der Waals surface area contributed by atoms with Gasteiger partial charge in [-0.2, -0.15) is 0 Å². The first-order valence-corrected chi connectivity index (χ1v) is 6.54. The van der Waals surface area contributed by atoms with Gasteiger partial charge in [0, 0.05) is 26.7 Å². The number of hydrogen-bond acceptors (Lipinski definition) is 4. The van der Waals surface area contributed by atoms with E-state index in [1.165, 1.54) is 0 Å². The van der Waals surface area contributed by atoms with Crippen molar-refractivity contribution in [2.24, 2.45) is 0 Å². The van der Waals surface area contributed by atoms with Gasteiger partial charge in [-0.25, -0.2) is 9.59 Å². The maximum absolute atomic E-state index is 11.9. The molecule has 0 aliphatic carbocycles. The van der Waals surface area contributed by atoms with E-state index in [0.717, 1.165) is 6.42 Å². The number of urea groups is 1. The lowest BCUT2D eigenvalue weighted by molar-refractivity contribution is -0.149. The molecular weight excluding hydrogens is 252 g/mol. The second-order valence-electron chi connectivity index (χ2n) is 4.94. The van der Waals surface area contributed by atoms with E-state index in [2.05, 4.69) is 5.32 Å². The zero-order valence-electron chi connectivity index (χ0n) is 11.0. The van der Waals surface area contributed by atoms with Crippen molar-refractivity contribution in [1.82, 2.24) is 10.2 Å². The highest BCUT2D eigenvalue weighted by Gasteiger charge is 2.31. The van der Waals surface area contributed by atoms with Gasteiger partial charge < -0.3 is 24.8 Å². The van der Waals surface area contributed by atoms with Crippen LogP contribution in [0.3, 0.4) is 0 Å². The van der Waals surface area contributed by atoms with Crippen LogP contribution in [0.1, 0.15) is 19.3 Å². The lowest BCUT2D eigenvalue weighted by Gasteiger charge is -2.19. The second-order valence-corrected chi connectivity index (χ2v) is 4.94. The van der Waals surface area contributed by atoms with Crippen LogP contribution in [0.2, 0.25) is 0 Å². The Balaban J connectivity index is 1.69. The van der Waals surface area contributed by atoms with Gasteiger partial charge in [-0.3, -0.25) is 0 Å². The first-order valence-electron chi connectivity index (χ1n) is 6.54. The summed E-state index contributed by atoms with van der Waals surface area (Å²) in [6, 6.07) is -0.137. The molecule has 7 nitrogen and oxygen atoms in total. The standard InChI is InChI=1S/C12H20N2O5/c1-18-9-4-5-14(7-9)12(17)13-6-8-2-3-10(19-8)11(15)16/h8-10H,2-7H2,1H3,(H,13,17)(H,15,16). The Hall–Kier alpha value is -1.34. The highest BCUT2D eigenvalue weighted by atomic mass is 16.5. The Bertz CT molecular complexity index is 349. The van der Waals surface area contributed by atoms with Crippen molar-refractivity contribution in [2.45, 2.75) is 37.6 Å². The number of carbonyl (C=O) groups excluding carboxylic acids is 1. The molecule has 19 heavy (non-hydrogen) atoms. The zero-order valence-corrected chi connectivity index (χ0v) is 11.0. The van der Waals surface area contributed by atoms with E-state index in [9.17, 15) is 9.59 Å². The molecule has 2 amide bonds. The third-order valence-electron chi connectivity index (χ3n) is 3.63. The quantitative estimate of drug-likeness (QED) is 0.755. The summed E-state index contributed by atoms with van der Waals surface area (Å²) < 4.78 is 10.5. The average Bonchev–Trinajstić information content (AvgIpc) is 3.04. The number of aliphatic carboxylic acids is 1. The van der Waals surface area contributed by atoms with Gasteiger partial charge in [-0.1, -0.05) is 0 Å². The molecule has 0 aromatic rings. The van der Waals surface area contributed by atoms with Crippen LogP contribution in [0, 0.1) is 0 Å². The number of hydrogen-bond donors (Lipinski definition) is 2. The first kappa shape index (κ1) is 14.1. The molecule has 2 heterocycles. The van der Waals surface area contributed by atoms with Crippen molar-refractivity contribution < 1.29 is 24.2 Å². The molecule has 2 fully saturated rings. The predicted octanol–water partition coefficient (Wildman–Crippen LogP) is 0.0489. The van der Waals surface area contributed by atoms with Crippen molar-refractivity contribution in [2.75, 3.05) is 26.7 Å². The number of amides is 2. The smallest absolute Gasteiger partial charge is 0.332 e. The van der Waals surface area contributed by atoms with E-state index >= 15 is 0 Å². The van der Waals surface area contributed by atoms with Gasteiger partial charge in [0.15, 0.2) is 6.10 Å². The van der Waals surface area contributed by atoms with E-state index in [-0.39, 0.29) is 18.2 Å². The Labute approximate surface area is 111 Å². The number of carboxylic acid groups (broad SMARTS) is 1. The molecule has 3 unspecified atom stereocenters. The van der Waals surface area contributed by atoms with Gasteiger partial charge in [-0.15, -0.1) is 0 Å². The van der Waals surface area contributed by atoms with E-state index in [4.69, 9.17) is 14.6 Å². The highest BCUT2D eigenvalue weighted by molar-refractivity contribution is 5.74. The third kappa shape index (κ3) is 3.57. The summed E-state index contributed by atoms with van der Waals surface area (Å²) >= 11 is 0. The van der Waals surface area contributed by atoms with Crippen molar-refractivity contribution in [3.05, 3.63) is 0 Å². The summed E-state index contributed by atoms with van der Waals surface area (Å²) in [5.41, 5.74) is 0. The van der Waals surface area contributed by atoms with Crippen LogP contribution in [0.4, 0.5) is 4.79 Å². The molecule has 0 aromatic carbocycles. The van der Waals surface area contributed by atoms with Gasteiger partial charge in [0.2, 0.25) is 0 Å². The molecule has 3 atom stereocenters. The minimum atomic E-state index is -0.934. The zero-order chi connectivity index (χ0) is 13.8. The van der Waals surface area contributed by atoms with Crippen LogP contribution in [-0.2, 0) is 14.3 Å². The fraction of sp³-hybridized carbons (Fsp3) is 0.833. The highest BCUT2D eigenvalue weighted by Crippen LogP contribution is 2.19. The molecule has 2 saturated heterocycles. The van der Waals surface area contributed by atoms with Crippen LogP contribution < -0.4 is 5.32 Å². The molecule has 7 heteroatoms. The van der Waals surface area contributed by atoms with Crippen molar-refractivity contribution in [1.29, 1.82) is 0 Å². The summed E-state index contributed by atoms with van der Waals surface area (Å²) in [6.07, 6.45) is 1.20. The first-order chi connectivity index (χ1) is 9.10. The number of ether oxygens (including phenoxy) is 2. The van der Waals surface area contributed by atoms with E-state index in [0.29, 0.717) is 32.5 Å². The number of carboxylic acids is 1. The molecule has 2 aliphatic rings. The number of rotatable bonds is 4. The lowest BCUT2D eigenvalue weighted by Crippen LogP contribution is -2.42. The minimum absolute atomic E-state index is 0.116. The topological polar surface area (TPSA) is 88.1 Å². The van der Waals surface area contributed by atoms with Crippen LogP contribution in [0.5, 0.6) is 0 Å². The Kier molecular flexibility index (Phi) is 4.60. The summed E-state index contributed by atoms with van der Waals surface area (Å²) in [6.45, 7) is 1.65. The normalized spacial score (nSPS) is 30.6. The number of carbonyl (C=O) groups is 2. The predicted molar refractivity (Wildman–Crippen MR) is 65.9 cm³/mol. The Morgan fingerprint density at radius 3 is 2.79 bits per heavy atom. The van der Waals surface area contributed by atoms with Gasteiger partial charge in [0.25, 0.3) is 0 Å². The summed E-state index contributed by atoms with van der Waals surface area (Å²) in [7, 11) is 1.64. The average molecular weight is 272 g/mol. The molecule has 0 bridgehead atoms. The van der Waals surface area contributed by atoms with Crippen LogP contribution >= 0.6 is 0 Å². The molecule has 0 aromatic heterocycles. The van der Waals surface area contributed by atoms with Crippen molar-refractivity contribution in [3.63, 3.8) is 0 Å². The van der Waals surface area contributed by atoms with E-state index in [1.807, 2.05) is 0 Å². The lowest BCUT2D eigenvalue weighted by atomic mass is 10.2. The minimum Gasteiger partial charge on any atom is -0.479 e. The maximum Gasteiger partial charge on any atom is 0.332 e. The van der Waals surface area contributed by atoms with E-state index < -0.39 is 12.1 Å². The number of methoxy groups -OCH3 is 1. The van der Waals surface area contributed by atoms with Gasteiger partial charge in [0.1, 0.15) is 0 Å². The van der Waals surface area contributed by atoms with Crippen LogP contribution in [-0.4, -0.2) is 67.1 Å². The van der Waals surface area contributed by atoms with Crippen molar-refractivity contribution >= 4 is 12.0 Å². The van der Waals surface area contributed by atoms with E-state index in [1.54, 1.807) is 12.0 Å². The molecule has 2 rings (SSSR count).